The molecule has 4 heterocycles. The van der Waals surface area contributed by atoms with E-state index in [1.807, 2.05) is 0 Å². The van der Waals surface area contributed by atoms with Gasteiger partial charge in [-0.05, 0) is 31.4 Å². The van der Waals surface area contributed by atoms with E-state index >= 15 is 4.39 Å². The molecule has 2 aromatic heterocycles. The van der Waals surface area contributed by atoms with Crippen molar-refractivity contribution in [3.05, 3.63) is 42.0 Å². The molecule has 3 aliphatic rings. The van der Waals surface area contributed by atoms with E-state index in [1.54, 1.807) is 21.1 Å². The summed E-state index contributed by atoms with van der Waals surface area (Å²) in [6.45, 7) is 0.727. The third-order valence-corrected chi connectivity index (χ3v) is 6.07. The predicted octanol–water partition coefficient (Wildman–Crippen LogP) is 2.42. The van der Waals surface area contributed by atoms with Crippen molar-refractivity contribution in [2.75, 3.05) is 29.7 Å². The number of hydrazine groups is 1. The van der Waals surface area contributed by atoms with E-state index in [1.165, 1.54) is 18.5 Å². The van der Waals surface area contributed by atoms with Gasteiger partial charge >= 0.3 is 6.18 Å². The maximum Gasteiger partial charge on any atom is 0.417 e. The fourth-order valence-electron chi connectivity index (χ4n) is 4.20. The highest BCUT2D eigenvalue weighted by Crippen LogP contribution is 2.35. The lowest BCUT2D eigenvalue weighted by Gasteiger charge is -2.41. The third-order valence-electron chi connectivity index (χ3n) is 6.07. The van der Waals surface area contributed by atoms with Gasteiger partial charge in [0.15, 0.2) is 5.82 Å². The Labute approximate surface area is 192 Å². The van der Waals surface area contributed by atoms with Gasteiger partial charge in [-0.2, -0.15) is 13.2 Å². The largest absolute Gasteiger partial charge is 0.417 e. The van der Waals surface area contributed by atoms with Crippen LogP contribution < -0.4 is 15.3 Å². The second-order valence-corrected chi connectivity index (χ2v) is 8.41. The number of aromatic nitrogens is 3. The Balaban J connectivity index is 1.27. The van der Waals surface area contributed by atoms with Crippen molar-refractivity contribution < 1.29 is 22.4 Å². The molecule has 1 N–H and O–H groups in total. The molecule has 2 fully saturated rings. The van der Waals surface area contributed by atoms with Crippen molar-refractivity contribution in [2.24, 2.45) is 4.99 Å². The number of piperidine rings is 1. The van der Waals surface area contributed by atoms with Crippen LogP contribution in [0.4, 0.5) is 29.2 Å². The number of pyridine rings is 1. The summed E-state index contributed by atoms with van der Waals surface area (Å²) in [7, 11) is 0. The lowest BCUT2D eigenvalue weighted by atomic mass is 10.00. The maximum atomic E-state index is 15.3. The fraction of sp³-hybridized carbons (Fsp3) is 0.476. The van der Waals surface area contributed by atoms with Crippen molar-refractivity contribution in [3.8, 4) is 0 Å². The highest BCUT2D eigenvalue weighted by Gasteiger charge is 2.44. The summed E-state index contributed by atoms with van der Waals surface area (Å²) >= 11 is 0. The molecule has 1 saturated carbocycles. The third kappa shape index (κ3) is 4.52. The molecule has 2 aromatic rings. The van der Waals surface area contributed by atoms with Crippen LogP contribution in [0.25, 0.3) is 0 Å². The number of hydrogen-bond donors (Lipinski definition) is 1. The molecule has 0 unspecified atom stereocenters. The van der Waals surface area contributed by atoms with Crippen molar-refractivity contribution in [3.63, 3.8) is 0 Å². The van der Waals surface area contributed by atoms with Crippen LogP contribution in [-0.4, -0.2) is 70.1 Å². The van der Waals surface area contributed by atoms with Crippen LogP contribution in [0.15, 0.2) is 35.7 Å². The first-order chi connectivity index (χ1) is 16.3. The van der Waals surface area contributed by atoms with Crippen LogP contribution in [0.5, 0.6) is 0 Å². The SMILES string of the molecule is O=C(c1cnc(N2C=NCN2)cn1)N(C1CC1)[C@H]1CCN(c2ccc(C(F)(F)F)cn2)C[C@H]1F. The minimum absolute atomic E-state index is 0.0552. The van der Waals surface area contributed by atoms with Crippen molar-refractivity contribution in [2.45, 2.75) is 43.7 Å². The molecule has 0 radical (unpaired) electrons. The lowest BCUT2D eigenvalue weighted by Crippen LogP contribution is -2.55. The number of carbonyl (C=O) groups excluding carboxylic acids is 1. The summed E-state index contributed by atoms with van der Waals surface area (Å²) < 4.78 is 53.7. The van der Waals surface area contributed by atoms with Crippen LogP contribution in [0.3, 0.4) is 0 Å². The highest BCUT2D eigenvalue weighted by atomic mass is 19.4. The van der Waals surface area contributed by atoms with Crippen LogP contribution in [0.1, 0.15) is 35.3 Å². The number of anilines is 2. The smallest absolute Gasteiger partial charge is 0.354 e. The molecule has 34 heavy (non-hydrogen) atoms. The van der Waals surface area contributed by atoms with E-state index in [4.69, 9.17) is 0 Å². The summed E-state index contributed by atoms with van der Waals surface area (Å²) in [5.74, 6) is 0.383. The molecule has 180 valence electrons. The number of nitrogens with one attached hydrogen (secondary N) is 1. The zero-order valence-corrected chi connectivity index (χ0v) is 18.0. The number of aliphatic imine (C=N–C) groups is 1. The maximum absolute atomic E-state index is 15.3. The van der Waals surface area contributed by atoms with E-state index in [0.717, 1.165) is 25.1 Å². The van der Waals surface area contributed by atoms with Gasteiger partial charge in [-0.25, -0.2) is 29.8 Å². The first-order valence-corrected chi connectivity index (χ1v) is 10.9. The molecule has 5 rings (SSSR count). The fourth-order valence-corrected chi connectivity index (χ4v) is 4.20. The van der Waals surface area contributed by atoms with Gasteiger partial charge in [0.05, 0.1) is 30.5 Å². The minimum Gasteiger partial charge on any atom is -0.354 e. The Morgan fingerprint density at radius 1 is 1.06 bits per heavy atom. The summed E-state index contributed by atoms with van der Waals surface area (Å²) in [5.41, 5.74) is 2.23. The van der Waals surface area contributed by atoms with Crippen molar-refractivity contribution >= 4 is 23.9 Å². The normalized spacial score (nSPS) is 22.8. The average molecular weight is 478 g/mol. The summed E-state index contributed by atoms with van der Waals surface area (Å²) in [5, 5.41) is 1.59. The number of rotatable bonds is 5. The van der Waals surface area contributed by atoms with Gasteiger partial charge in [-0.3, -0.25) is 9.79 Å². The molecular formula is C21H22F4N8O. The van der Waals surface area contributed by atoms with Gasteiger partial charge in [-0.1, -0.05) is 0 Å². The Bertz CT molecular complexity index is 1060. The highest BCUT2D eigenvalue weighted by molar-refractivity contribution is 5.93. The monoisotopic (exact) mass is 478 g/mol. The molecule has 1 amide bonds. The van der Waals surface area contributed by atoms with E-state index in [0.29, 0.717) is 25.5 Å². The Morgan fingerprint density at radius 2 is 1.85 bits per heavy atom. The van der Waals surface area contributed by atoms with Gasteiger partial charge in [0.2, 0.25) is 0 Å². The second kappa shape index (κ2) is 8.78. The first-order valence-electron chi connectivity index (χ1n) is 10.9. The van der Waals surface area contributed by atoms with Crippen LogP contribution in [0.2, 0.25) is 0 Å². The lowest BCUT2D eigenvalue weighted by molar-refractivity contribution is -0.137. The summed E-state index contributed by atoms with van der Waals surface area (Å²) in [6, 6.07) is 1.48. The molecular weight excluding hydrogens is 456 g/mol. The van der Waals surface area contributed by atoms with Gasteiger partial charge in [0.25, 0.3) is 5.91 Å². The molecule has 1 aliphatic carbocycles. The summed E-state index contributed by atoms with van der Waals surface area (Å²) in [4.78, 5) is 32.8. The molecule has 13 heteroatoms. The molecule has 0 bridgehead atoms. The van der Waals surface area contributed by atoms with Crippen molar-refractivity contribution in [1.29, 1.82) is 0 Å². The topological polar surface area (TPSA) is 89.8 Å². The molecule has 9 nitrogen and oxygen atoms in total. The number of amides is 1. The van der Waals surface area contributed by atoms with E-state index in [-0.39, 0.29) is 30.0 Å². The number of carbonyl (C=O) groups is 1. The average Bonchev–Trinajstić information content (AvgIpc) is 3.51. The second-order valence-electron chi connectivity index (χ2n) is 8.41. The Morgan fingerprint density at radius 3 is 2.41 bits per heavy atom. The number of alkyl halides is 4. The number of nitrogens with zero attached hydrogens (tertiary/aromatic N) is 7. The first kappa shape index (κ1) is 22.4. The van der Waals surface area contributed by atoms with Crippen LogP contribution in [-0.2, 0) is 6.18 Å². The minimum atomic E-state index is -4.48. The molecule has 0 aromatic carbocycles. The van der Waals surface area contributed by atoms with Crippen LogP contribution in [0, 0.1) is 0 Å². The van der Waals surface area contributed by atoms with E-state index < -0.39 is 24.0 Å². The predicted molar refractivity (Wildman–Crippen MR) is 115 cm³/mol. The molecule has 1 saturated heterocycles. The van der Waals surface area contributed by atoms with Crippen molar-refractivity contribution in [1.82, 2.24) is 25.3 Å². The van der Waals surface area contributed by atoms with Gasteiger partial charge in [0, 0.05) is 18.8 Å². The Kier molecular flexibility index (Phi) is 5.80. The summed E-state index contributed by atoms with van der Waals surface area (Å²) in [6.07, 6.45) is 1.17. The van der Waals surface area contributed by atoms with Crippen LogP contribution >= 0.6 is 0 Å². The number of hydrogen-bond acceptors (Lipinski definition) is 8. The molecule has 2 atom stereocenters. The quantitative estimate of drug-likeness (QED) is 0.661. The standard InChI is InChI=1S/C21H22F4N8O/c22-15-10-31(18-4-1-13(7-28-18)21(23,24)25)6-5-17(15)33(14-2-3-14)20(34)16-8-29-19(9-27-16)32-12-26-11-30-32/h1,4,7-9,12,14-15,17,30H,2-3,5-6,10-11H2/t15-,17+/m1/s1. The van der Waals surface area contributed by atoms with E-state index in [2.05, 4.69) is 25.4 Å². The number of halogens is 4. The molecule has 0 spiro atoms. The Hall–Kier alpha value is -3.35. The van der Waals surface area contributed by atoms with E-state index in [9.17, 15) is 18.0 Å². The van der Waals surface area contributed by atoms with Gasteiger partial charge in [0.1, 0.15) is 30.7 Å². The molecule has 2 aliphatic heterocycles. The van der Waals surface area contributed by atoms with Gasteiger partial charge in [-0.15, -0.1) is 0 Å². The zero-order chi connectivity index (χ0) is 23.9. The van der Waals surface area contributed by atoms with Gasteiger partial charge < -0.3 is 9.80 Å². The zero-order valence-electron chi connectivity index (χ0n) is 18.0.